The molecule has 12 heavy (non-hydrogen) atoms. The molecule has 0 radical (unpaired) electrons. The molecule has 6 nitrogen and oxygen atoms in total. The van der Waals surface area contributed by atoms with E-state index in [0.717, 1.165) is 0 Å². The van der Waals surface area contributed by atoms with Crippen molar-refractivity contribution in [2.45, 2.75) is 6.04 Å². The molecule has 0 heterocycles. The summed E-state index contributed by atoms with van der Waals surface area (Å²) in [6.07, 6.45) is 0. The van der Waals surface area contributed by atoms with Crippen LogP contribution in [0.15, 0.2) is 0 Å². The van der Waals surface area contributed by atoms with Crippen molar-refractivity contribution >= 4 is 35.7 Å². The van der Waals surface area contributed by atoms with Gasteiger partial charge in [0.1, 0.15) is 6.04 Å². The summed E-state index contributed by atoms with van der Waals surface area (Å²) in [5.74, 6) is -1.29. The highest BCUT2D eigenvalue weighted by atomic mass is 33.5. The maximum Gasteiger partial charge on any atom is 0.329 e. The van der Waals surface area contributed by atoms with E-state index in [-0.39, 0.29) is 15.6 Å². The summed E-state index contributed by atoms with van der Waals surface area (Å²) in [6.45, 7) is 0. The predicted molar refractivity (Wildman–Crippen MR) is 47.2 cm³/mol. The van der Waals surface area contributed by atoms with E-state index in [9.17, 15) is 13.2 Å². The SMILES string of the molecule is N[C@@H](CSSS(=O)(=O)O)C(=O)O. The van der Waals surface area contributed by atoms with Crippen LogP contribution >= 0.6 is 20.6 Å². The third kappa shape index (κ3) is 6.73. The molecule has 0 aromatic carbocycles. The fourth-order valence-corrected chi connectivity index (χ4v) is 3.27. The fraction of sp³-hybridized carbons (Fsp3) is 0.667. The van der Waals surface area contributed by atoms with Crippen molar-refractivity contribution in [2.24, 2.45) is 5.73 Å². The van der Waals surface area contributed by atoms with Crippen LogP contribution in [0.5, 0.6) is 0 Å². The Morgan fingerprint density at radius 1 is 1.58 bits per heavy atom. The Labute approximate surface area is 76.4 Å². The molecule has 0 aromatic rings. The van der Waals surface area contributed by atoms with E-state index in [2.05, 4.69) is 0 Å². The number of carboxylic acids is 1. The minimum absolute atomic E-state index is 0.0835. The molecule has 0 rings (SSSR count). The highest BCUT2D eigenvalue weighted by Crippen LogP contribution is 2.26. The Balaban J connectivity index is 3.65. The molecule has 0 saturated heterocycles. The summed E-state index contributed by atoms with van der Waals surface area (Å²) in [4.78, 5) is 10.1. The van der Waals surface area contributed by atoms with Crippen LogP contribution < -0.4 is 5.73 Å². The molecule has 0 saturated carbocycles. The minimum atomic E-state index is -4.11. The number of rotatable bonds is 5. The lowest BCUT2D eigenvalue weighted by atomic mass is 10.4. The second-order valence-electron chi connectivity index (χ2n) is 1.73. The Morgan fingerprint density at radius 3 is 2.42 bits per heavy atom. The van der Waals surface area contributed by atoms with Gasteiger partial charge in [0.05, 0.1) is 9.83 Å². The van der Waals surface area contributed by atoms with Gasteiger partial charge in [0.2, 0.25) is 0 Å². The molecule has 0 bridgehead atoms. The van der Waals surface area contributed by atoms with Crippen molar-refractivity contribution in [3.05, 3.63) is 0 Å². The van der Waals surface area contributed by atoms with Gasteiger partial charge in [0.15, 0.2) is 0 Å². The van der Waals surface area contributed by atoms with Gasteiger partial charge in [-0.15, -0.1) is 0 Å². The zero-order valence-corrected chi connectivity index (χ0v) is 8.16. The van der Waals surface area contributed by atoms with Crippen LogP contribution in [0.4, 0.5) is 0 Å². The Morgan fingerprint density at radius 2 is 2.08 bits per heavy atom. The smallest absolute Gasteiger partial charge is 0.329 e. The molecule has 0 unspecified atom stereocenters. The van der Waals surface area contributed by atoms with Crippen LogP contribution in [0, 0.1) is 0 Å². The van der Waals surface area contributed by atoms with Gasteiger partial charge in [-0.1, -0.05) is 10.8 Å². The topological polar surface area (TPSA) is 118 Å². The third-order valence-corrected chi connectivity index (χ3v) is 5.09. The number of carboxylic acid groups (broad SMARTS) is 1. The van der Waals surface area contributed by atoms with Crippen LogP contribution in [0.3, 0.4) is 0 Å². The van der Waals surface area contributed by atoms with Crippen LogP contribution in [0.1, 0.15) is 0 Å². The zero-order valence-electron chi connectivity index (χ0n) is 5.71. The van der Waals surface area contributed by atoms with Crippen LogP contribution in [-0.2, 0) is 13.9 Å². The zero-order chi connectivity index (χ0) is 9.78. The van der Waals surface area contributed by atoms with E-state index in [4.69, 9.17) is 15.4 Å². The van der Waals surface area contributed by atoms with Crippen molar-refractivity contribution in [3.63, 3.8) is 0 Å². The lowest BCUT2D eigenvalue weighted by Crippen LogP contribution is -2.32. The quantitative estimate of drug-likeness (QED) is 0.433. The first-order valence-corrected chi connectivity index (χ1v) is 6.87. The van der Waals surface area contributed by atoms with E-state index in [1.807, 2.05) is 0 Å². The molecule has 0 aliphatic carbocycles. The van der Waals surface area contributed by atoms with E-state index in [1.54, 1.807) is 0 Å². The van der Waals surface area contributed by atoms with Gasteiger partial charge >= 0.3 is 15.1 Å². The summed E-state index contributed by atoms with van der Waals surface area (Å²) in [5.41, 5.74) is 5.04. The molecule has 0 aliphatic rings. The normalized spacial score (nSPS) is 14.2. The molecule has 0 aliphatic heterocycles. The molecule has 4 N–H and O–H groups in total. The summed E-state index contributed by atoms with van der Waals surface area (Å²) in [6, 6.07) is -1.12. The third-order valence-electron chi connectivity index (χ3n) is 0.699. The molecule has 9 heteroatoms. The lowest BCUT2D eigenvalue weighted by molar-refractivity contribution is -0.137. The second kappa shape index (κ2) is 4.92. The van der Waals surface area contributed by atoms with Gasteiger partial charge in [-0.2, -0.15) is 8.42 Å². The van der Waals surface area contributed by atoms with E-state index in [1.165, 1.54) is 0 Å². The summed E-state index contributed by atoms with van der Waals surface area (Å²) >= 11 is 0. The highest BCUT2D eigenvalue weighted by molar-refractivity contribution is 9.05. The summed E-state index contributed by atoms with van der Waals surface area (Å²) < 4.78 is 28.4. The second-order valence-corrected chi connectivity index (χ2v) is 6.89. The molecular weight excluding hydrogens is 226 g/mol. The standard InChI is InChI=1S/C3H7NO5S3/c4-2(3(5)6)1-10-11-12(7,8)9/h2H,1,4H2,(H,5,6)(H,7,8,9)/t2-/m0/s1. The number of hydrogen-bond donors (Lipinski definition) is 3. The fourth-order valence-electron chi connectivity index (χ4n) is 0.233. The average molecular weight is 233 g/mol. The Hall–Kier alpha value is 0.0400. The van der Waals surface area contributed by atoms with Gasteiger partial charge in [0.25, 0.3) is 0 Å². The number of carbonyl (C=O) groups is 1. The van der Waals surface area contributed by atoms with Crippen LogP contribution in [0.25, 0.3) is 0 Å². The number of nitrogens with two attached hydrogens (primary N) is 1. The van der Waals surface area contributed by atoms with Crippen molar-refractivity contribution in [2.75, 3.05) is 5.75 Å². The largest absolute Gasteiger partial charge is 0.480 e. The Bertz CT molecular complexity index is 249. The van der Waals surface area contributed by atoms with Crippen molar-refractivity contribution in [1.29, 1.82) is 0 Å². The van der Waals surface area contributed by atoms with Gasteiger partial charge < -0.3 is 10.8 Å². The number of hydrogen-bond acceptors (Lipinski definition) is 6. The summed E-state index contributed by atoms with van der Waals surface area (Å²) in [5, 5.41) is 8.25. The lowest BCUT2D eigenvalue weighted by Gasteiger charge is -2.02. The first-order chi connectivity index (χ1) is 5.33. The molecule has 72 valence electrons. The van der Waals surface area contributed by atoms with Crippen LogP contribution in [-0.4, -0.2) is 35.8 Å². The molecule has 0 amide bonds. The maximum absolute atomic E-state index is 10.1. The minimum Gasteiger partial charge on any atom is -0.480 e. The first-order valence-electron chi connectivity index (χ1n) is 2.60. The van der Waals surface area contributed by atoms with Crippen molar-refractivity contribution < 1.29 is 22.9 Å². The molecular formula is C3H7NO5S3. The van der Waals surface area contributed by atoms with Gasteiger partial charge in [0, 0.05) is 5.75 Å². The van der Waals surface area contributed by atoms with Crippen LogP contribution in [0.2, 0.25) is 0 Å². The first kappa shape index (κ1) is 12.0. The monoisotopic (exact) mass is 233 g/mol. The molecule has 1 atom stereocenters. The average Bonchev–Trinajstić information content (AvgIpc) is 1.84. The summed E-state index contributed by atoms with van der Waals surface area (Å²) in [7, 11) is -3.26. The van der Waals surface area contributed by atoms with Gasteiger partial charge in [-0.3, -0.25) is 9.35 Å². The molecule has 0 spiro atoms. The van der Waals surface area contributed by atoms with E-state index in [0.29, 0.717) is 10.8 Å². The van der Waals surface area contributed by atoms with Crippen molar-refractivity contribution in [1.82, 2.24) is 0 Å². The highest BCUT2D eigenvalue weighted by Gasteiger charge is 2.14. The van der Waals surface area contributed by atoms with E-state index >= 15 is 0 Å². The molecule has 0 aromatic heterocycles. The van der Waals surface area contributed by atoms with Gasteiger partial charge in [-0.05, 0) is 0 Å². The van der Waals surface area contributed by atoms with Crippen molar-refractivity contribution in [3.8, 4) is 0 Å². The molecule has 0 fully saturated rings. The predicted octanol–water partition coefficient (Wildman–Crippen LogP) is -0.418. The maximum atomic E-state index is 10.1. The van der Waals surface area contributed by atoms with Gasteiger partial charge in [-0.25, -0.2) is 0 Å². The number of aliphatic carboxylic acids is 1. The Kier molecular flexibility index (Phi) is 4.94. The van der Waals surface area contributed by atoms with E-state index < -0.39 is 21.2 Å².